The largest absolute Gasteiger partial charge is 0.395 e. The van der Waals surface area contributed by atoms with E-state index in [0.29, 0.717) is 0 Å². The third-order valence-corrected chi connectivity index (χ3v) is 2.23. The van der Waals surface area contributed by atoms with E-state index in [2.05, 4.69) is 5.32 Å². The lowest BCUT2D eigenvalue weighted by molar-refractivity contribution is -0.219. The maximum Gasteiger partial charge on any atom is 0.395 e. The van der Waals surface area contributed by atoms with E-state index in [1.807, 2.05) is 13.8 Å². The predicted octanol–water partition coefficient (Wildman–Crippen LogP) is 3.13. The van der Waals surface area contributed by atoms with Gasteiger partial charge in [0.15, 0.2) is 0 Å². The lowest BCUT2D eigenvalue weighted by Crippen LogP contribution is -2.49. The van der Waals surface area contributed by atoms with E-state index in [1.54, 1.807) is 0 Å². The number of rotatable bonds is 2. The van der Waals surface area contributed by atoms with E-state index < -0.39 is 23.5 Å². The highest BCUT2D eigenvalue weighted by molar-refractivity contribution is 5.73. The predicted molar refractivity (Wildman–Crippen MR) is 54.5 cm³/mol. The van der Waals surface area contributed by atoms with Crippen LogP contribution in [-0.4, -0.2) is 18.1 Å². The van der Waals surface area contributed by atoms with Crippen LogP contribution in [-0.2, 0) is 4.79 Å². The summed E-state index contributed by atoms with van der Waals surface area (Å²) in [6.45, 7) is 8.67. The molecule has 15 heavy (non-hydrogen) atoms. The standard InChI is InChI=1S/C8H14F3NO.C2H6/c1-5(12-6(2)13)7(3,4)8(9,10)11;1-2/h5H,1-4H3,(H,12,13);1-2H3. The quantitative estimate of drug-likeness (QED) is 0.771. The number of hydrogen-bond acceptors (Lipinski definition) is 1. The molecule has 0 saturated heterocycles. The summed E-state index contributed by atoms with van der Waals surface area (Å²) < 4.78 is 37.1. The molecule has 0 aliphatic heterocycles. The van der Waals surface area contributed by atoms with Crippen molar-refractivity contribution in [2.75, 3.05) is 0 Å². The van der Waals surface area contributed by atoms with Crippen LogP contribution in [0.3, 0.4) is 0 Å². The number of alkyl halides is 3. The Morgan fingerprint density at radius 2 is 1.53 bits per heavy atom. The Balaban J connectivity index is 0. The van der Waals surface area contributed by atoms with Gasteiger partial charge in [-0.3, -0.25) is 4.79 Å². The molecule has 92 valence electrons. The SMILES string of the molecule is CC.CC(=O)NC(C)C(C)(C)C(F)(F)F. The van der Waals surface area contributed by atoms with Gasteiger partial charge in [0.05, 0.1) is 5.41 Å². The van der Waals surface area contributed by atoms with Crippen molar-refractivity contribution < 1.29 is 18.0 Å². The Morgan fingerprint density at radius 1 is 1.20 bits per heavy atom. The first-order valence-electron chi connectivity index (χ1n) is 4.93. The minimum Gasteiger partial charge on any atom is -0.353 e. The molecule has 0 aromatic heterocycles. The van der Waals surface area contributed by atoms with Crippen molar-refractivity contribution in [2.24, 2.45) is 5.41 Å². The Labute approximate surface area is 89.2 Å². The van der Waals surface area contributed by atoms with E-state index >= 15 is 0 Å². The Hall–Kier alpha value is -0.740. The first-order chi connectivity index (χ1) is 6.59. The summed E-state index contributed by atoms with van der Waals surface area (Å²) in [5.41, 5.74) is -1.90. The van der Waals surface area contributed by atoms with Crippen LogP contribution in [0.25, 0.3) is 0 Å². The molecule has 2 nitrogen and oxygen atoms in total. The van der Waals surface area contributed by atoms with Gasteiger partial charge in [-0.2, -0.15) is 13.2 Å². The van der Waals surface area contributed by atoms with Crippen molar-refractivity contribution in [3.8, 4) is 0 Å². The van der Waals surface area contributed by atoms with Crippen LogP contribution in [0.1, 0.15) is 41.5 Å². The van der Waals surface area contributed by atoms with Gasteiger partial charge in [0.25, 0.3) is 0 Å². The van der Waals surface area contributed by atoms with Crippen molar-refractivity contribution in [2.45, 2.75) is 53.8 Å². The average molecular weight is 227 g/mol. The summed E-state index contributed by atoms with van der Waals surface area (Å²) in [7, 11) is 0. The zero-order valence-corrected chi connectivity index (χ0v) is 10.1. The number of hydrogen-bond donors (Lipinski definition) is 1. The smallest absolute Gasteiger partial charge is 0.353 e. The van der Waals surface area contributed by atoms with Crippen molar-refractivity contribution in [3.63, 3.8) is 0 Å². The normalized spacial score (nSPS) is 13.7. The number of carbonyl (C=O) groups excluding carboxylic acids is 1. The maximum atomic E-state index is 12.4. The maximum absolute atomic E-state index is 12.4. The van der Waals surface area contributed by atoms with Crippen molar-refractivity contribution in [3.05, 3.63) is 0 Å². The molecule has 0 saturated carbocycles. The topological polar surface area (TPSA) is 29.1 Å². The van der Waals surface area contributed by atoms with E-state index in [-0.39, 0.29) is 0 Å². The molecule has 0 aliphatic carbocycles. The Bertz CT molecular complexity index is 199. The molecular formula is C10H20F3NO. The fourth-order valence-electron chi connectivity index (χ4n) is 0.731. The lowest BCUT2D eigenvalue weighted by Gasteiger charge is -2.33. The molecule has 0 heterocycles. The van der Waals surface area contributed by atoms with Crippen LogP contribution >= 0.6 is 0 Å². The molecule has 0 aliphatic rings. The van der Waals surface area contributed by atoms with Crippen molar-refractivity contribution in [1.29, 1.82) is 0 Å². The fourth-order valence-corrected chi connectivity index (χ4v) is 0.731. The van der Waals surface area contributed by atoms with Gasteiger partial charge in [-0.15, -0.1) is 0 Å². The van der Waals surface area contributed by atoms with Crippen LogP contribution in [0.15, 0.2) is 0 Å². The van der Waals surface area contributed by atoms with Crippen LogP contribution in [0.2, 0.25) is 0 Å². The molecule has 1 N–H and O–H groups in total. The monoisotopic (exact) mass is 227 g/mol. The highest BCUT2D eigenvalue weighted by Crippen LogP contribution is 2.40. The third kappa shape index (κ3) is 5.04. The van der Waals surface area contributed by atoms with E-state index in [4.69, 9.17) is 0 Å². The molecule has 1 amide bonds. The number of amides is 1. The second kappa shape index (κ2) is 5.98. The van der Waals surface area contributed by atoms with Gasteiger partial charge in [-0.05, 0) is 20.8 Å². The summed E-state index contributed by atoms with van der Waals surface area (Å²) in [6.07, 6.45) is -4.31. The van der Waals surface area contributed by atoms with Gasteiger partial charge in [0.2, 0.25) is 5.91 Å². The summed E-state index contributed by atoms with van der Waals surface area (Å²) in [5, 5.41) is 2.23. The first kappa shape index (κ1) is 16.7. The highest BCUT2D eigenvalue weighted by atomic mass is 19.4. The van der Waals surface area contributed by atoms with E-state index in [9.17, 15) is 18.0 Å². The first-order valence-corrected chi connectivity index (χ1v) is 4.93. The van der Waals surface area contributed by atoms with E-state index in [1.165, 1.54) is 13.8 Å². The third-order valence-electron chi connectivity index (χ3n) is 2.23. The molecule has 5 heteroatoms. The second-order valence-electron chi connectivity index (χ2n) is 3.64. The van der Waals surface area contributed by atoms with Crippen LogP contribution in [0.5, 0.6) is 0 Å². The molecule has 0 radical (unpaired) electrons. The van der Waals surface area contributed by atoms with Gasteiger partial charge >= 0.3 is 6.18 Å². The number of nitrogens with one attached hydrogen (secondary N) is 1. The van der Waals surface area contributed by atoms with Crippen LogP contribution < -0.4 is 5.32 Å². The van der Waals surface area contributed by atoms with Gasteiger partial charge in [0, 0.05) is 13.0 Å². The fraction of sp³-hybridized carbons (Fsp3) is 0.900. The lowest BCUT2D eigenvalue weighted by atomic mass is 9.84. The molecular weight excluding hydrogens is 207 g/mol. The summed E-state index contributed by atoms with van der Waals surface area (Å²) in [5.74, 6) is -0.454. The molecule has 0 aromatic carbocycles. The van der Waals surface area contributed by atoms with Gasteiger partial charge in [0.1, 0.15) is 0 Å². The minimum absolute atomic E-state index is 0.454. The zero-order chi connectivity index (χ0) is 12.9. The van der Waals surface area contributed by atoms with Crippen molar-refractivity contribution in [1.82, 2.24) is 5.32 Å². The summed E-state index contributed by atoms with van der Waals surface area (Å²) in [6, 6.07) is -0.926. The van der Waals surface area contributed by atoms with Crippen molar-refractivity contribution >= 4 is 5.91 Å². The molecule has 0 rings (SSSR count). The highest BCUT2D eigenvalue weighted by Gasteiger charge is 2.50. The molecule has 1 unspecified atom stereocenters. The number of halogens is 3. The van der Waals surface area contributed by atoms with Gasteiger partial charge in [-0.25, -0.2) is 0 Å². The molecule has 0 spiro atoms. The van der Waals surface area contributed by atoms with Crippen LogP contribution in [0.4, 0.5) is 13.2 Å². The Kier molecular flexibility index (Phi) is 6.65. The minimum atomic E-state index is -4.31. The zero-order valence-electron chi connectivity index (χ0n) is 10.1. The molecule has 0 fully saturated rings. The molecule has 1 atom stereocenters. The molecule has 0 aromatic rings. The second-order valence-corrected chi connectivity index (χ2v) is 3.64. The van der Waals surface area contributed by atoms with Gasteiger partial charge < -0.3 is 5.32 Å². The summed E-state index contributed by atoms with van der Waals surface area (Å²) in [4.78, 5) is 10.5. The number of carbonyl (C=O) groups is 1. The molecule has 0 bridgehead atoms. The summed E-state index contributed by atoms with van der Waals surface area (Å²) >= 11 is 0. The Morgan fingerprint density at radius 3 is 1.73 bits per heavy atom. The van der Waals surface area contributed by atoms with E-state index in [0.717, 1.165) is 13.8 Å². The van der Waals surface area contributed by atoms with Gasteiger partial charge in [-0.1, -0.05) is 13.8 Å². The average Bonchev–Trinajstić information content (AvgIpc) is 2.04. The van der Waals surface area contributed by atoms with Crippen LogP contribution in [0, 0.1) is 5.41 Å².